The number of esters is 1. The summed E-state index contributed by atoms with van der Waals surface area (Å²) in [5, 5.41) is 3.14. The molecule has 18 heavy (non-hydrogen) atoms. The summed E-state index contributed by atoms with van der Waals surface area (Å²) in [6, 6.07) is 5.12. The van der Waals surface area contributed by atoms with Gasteiger partial charge in [-0.15, -0.1) is 0 Å². The normalized spacial score (nSPS) is 12.3. The van der Waals surface area contributed by atoms with Gasteiger partial charge in [-0.25, -0.2) is 4.79 Å². The summed E-state index contributed by atoms with van der Waals surface area (Å²) in [4.78, 5) is 11.7. The van der Waals surface area contributed by atoms with E-state index in [-0.39, 0.29) is 12.0 Å². The van der Waals surface area contributed by atoms with Crippen molar-refractivity contribution in [2.45, 2.75) is 26.3 Å². The molecule has 0 saturated heterocycles. The molecule has 0 saturated carbocycles. The van der Waals surface area contributed by atoms with Crippen LogP contribution in [0.25, 0.3) is 0 Å². The predicted octanol–water partition coefficient (Wildman–Crippen LogP) is 3.03. The molecule has 1 aromatic carbocycles. The molecule has 0 aliphatic rings. The second-order valence-electron chi connectivity index (χ2n) is 4.58. The van der Waals surface area contributed by atoms with Crippen molar-refractivity contribution in [1.29, 1.82) is 0 Å². The molecule has 0 aromatic heterocycles. The Morgan fingerprint density at radius 1 is 1.50 bits per heavy atom. The summed E-state index contributed by atoms with van der Waals surface area (Å²) in [7, 11) is 1.39. The number of nitrogens with one attached hydrogen (secondary N) is 1. The maximum atomic E-state index is 11.7. The van der Waals surface area contributed by atoms with Gasteiger partial charge in [0.15, 0.2) is 0 Å². The number of rotatable bonds is 5. The largest absolute Gasteiger partial charge is 0.467 e. The molecule has 1 atom stereocenters. The van der Waals surface area contributed by atoms with Crippen LogP contribution in [0.15, 0.2) is 22.7 Å². The van der Waals surface area contributed by atoms with Gasteiger partial charge in [0.05, 0.1) is 18.5 Å². The van der Waals surface area contributed by atoms with Gasteiger partial charge < -0.3 is 15.8 Å². The molecule has 4 nitrogen and oxygen atoms in total. The fourth-order valence-electron chi connectivity index (χ4n) is 1.67. The number of halogens is 1. The topological polar surface area (TPSA) is 64.3 Å². The summed E-state index contributed by atoms with van der Waals surface area (Å²) < 4.78 is 5.71. The quantitative estimate of drug-likeness (QED) is 0.647. The first-order valence-electron chi connectivity index (χ1n) is 5.83. The number of carbonyl (C=O) groups excluding carboxylic acids is 1. The molecule has 0 spiro atoms. The van der Waals surface area contributed by atoms with Crippen molar-refractivity contribution in [3.63, 3.8) is 0 Å². The van der Waals surface area contributed by atoms with E-state index in [1.807, 2.05) is 12.1 Å². The van der Waals surface area contributed by atoms with E-state index in [9.17, 15) is 4.79 Å². The fraction of sp³-hybridized carbons (Fsp3) is 0.462. The molecule has 5 heteroatoms. The lowest BCUT2D eigenvalue weighted by Crippen LogP contribution is -2.32. The lowest BCUT2D eigenvalue weighted by Gasteiger charge is -2.20. The van der Waals surface area contributed by atoms with Gasteiger partial charge in [-0.05, 0) is 30.5 Å². The molecule has 0 aliphatic carbocycles. The number of hydrogen-bond acceptors (Lipinski definition) is 4. The van der Waals surface area contributed by atoms with E-state index < -0.39 is 0 Å². The minimum Gasteiger partial charge on any atom is -0.467 e. The Morgan fingerprint density at radius 3 is 2.72 bits per heavy atom. The molecule has 0 bridgehead atoms. The average molecular weight is 315 g/mol. The van der Waals surface area contributed by atoms with Crippen molar-refractivity contribution < 1.29 is 9.53 Å². The van der Waals surface area contributed by atoms with E-state index in [4.69, 9.17) is 10.5 Å². The molecular formula is C13H19BrN2O2. The van der Waals surface area contributed by atoms with Gasteiger partial charge in [-0.3, -0.25) is 0 Å². The second-order valence-corrected chi connectivity index (χ2v) is 5.50. The monoisotopic (exact) mass is 314 g/mol. The van der Waals surface area contributed by atoms with Crippen molar-refractivity contribution in [3.8, 4) is 0 Å². The maximum Gasteiger partial charge on any atom is 0.328 e. The number of methoxy groups -OCH3 is 1. The van der Waals surface area contributed by atoms with Crippen molar-refractivity contribution in [2.24, 2.45) is 5.92 Å². The van der Waals surface area contributed by atoms with Crippen LogP contribution in [0.2, 0.25) is 0 Å². The predicted molar refractivity (Wildman–Crippen MR) is 77.4 cm³/mol. The van der Waals surface area contributed by atoms with Crippen molar-refractivity contribution in [1.82, 2.24) is 0 Å². The van der Waals surface area contributed by atoms with Gasteiger partial charge in [0.2, 0.25) is 0 Å². The van der Waals surface area contributed by atoms with E-state index >= 15 is 0 Å². The zero-order valence-electron chi connectivity index (χ0n) is 10.9. The van der Waals surface area contributed by atoms with Crippen LogP contribution in [0.1, 0.15) is 20.3 Å². The van der Waals surface area contributed by atoms with Gasteiger partial charge in [0, 0.05) is 4.47 Å². The first-order valence-corrected chi connectivity index (χ1v) is 6.62. The van der Waals surface area contributed by atoms with E-state index in [1.165, 1.54) is 7.11 Å². The lowest BCUT2D eigenvalue weighted by atomic mass is 10.0. The van der Waals surface area contributed by atoms with E-state index in [0.29, 0.717) is 18.0 Å². The fourth-order valence-corrected chi connectivity index (χ4v) is 2.03. The highest BCUT2D eigenvalue weighted by Crippen LogP contribution is 2.25. The standard InChI is InChI=1S/C13H19BrN2O2/c1-8(2)6-12(13(17)18-3)16-11-7-9(14)4-5-10(11)15/h4-5,7-8,12,16H,6,15H2,1-3H3. The Kier molecular flexibility index (Phi) is 5.47. The number of nitrogen functional groups attached to an aromatic ring is 1. The zero-order chi connectivity index (χ0) is 13.7. The first-order chi connectivity index (χ1) is 8.43. The third-order valence-electron chi connectivity index (χ3n) is 2.54. The Hall–Kier alpha value is -1.23. The van der Waals surface area contributed by atoms with E-state index in [2.05, 4.69) is 35.1 Å². The van der Waals surface area contributed by atoms with Crippen molar-refractivity contribution in [2.75, 3.05) is 18.2 Å². The molecule has 1 aromatic rings. The first kappa shape index (κ1) is 14.8. The van der Waals surface area contributed by atoms with Crippen LogP contribution >= 0.6 is 15.9 Å². The van der Waals surface area contributed by atoms with Crippen LogP contribution < -0.4 is 11.1 Å². The minimum absolute atomic E-state index is 0.275. The van der Waals surface area contributed by atoms with Crippen LogP contribution in [0.5, 0.6) is 0 Å². The molecule has 1 unspecified atom stereocenters. The minimum atomic E-state index is -0.383. The third kappa shape index (κ3) is 4.22. The summed E-state index contributed by atoms with van der Waals surface area (Å²) in [6.07, 6.45) is 0.693. The van der Waals surface area contributed by atoms with Crippen LogP contribution in [0.3, 0.4) is 0 Å². The zero-order valence-corrected chi connectivity index (χ0v) is 12.5. The highest BCUT2D eigenvalue weighted by molar-refractivity contribution is 9.10. The van der Waals surface area contributed by atoms with Crippen molar-refractivity contribution in [3.05, 3.63) is 22.7 Å². The van der Waals surface area contributed by atoms with E-state index in [1.54, 1.807) is 6.07 Å². The molecule has 3 N–H and O–H groups in total. The smallest absolute Gasteiger partial charge is 0.328 e. The SMILES string of the molecule is COC(=O)C(CC(C)C)Nc1cc(Br)ccc1N. The summed E-state index contributed by atoms with van der Waals surface area (Å²) >= 11 is 3.38. The molecular weight excluding hydrogens is 296 g/mol. The number of hydrogen-bond donors (Lipinski definition) is 2. The van der Waals surface area contributed by atoms with Gasteiger partial charge in [0.1, 0.15) is 6.04 Å². The maximum absolute atomic E-state index is 11.7. The molecule has 0 fully saturated rings. The summed E-state index contributed by atoms with van der Waals surface area (Å²) in [5.41, 5.74) is 7.22. The summed E-state index contributed by atoms with van der Waals surface area (Å²) in [6.45, 7) is 4.11. The number of anilines is 2. The Balaban J connectivity index is 2.88. The van der Waals surface area contributed by atoms with Crippen LogP contribution in [0.4, 0.5) is 11.4 Å². The molecule has 0 radical (unpaired) electrons. The Labute approximate surface area is 116 Å². The van der Waals surface area contributed by atoms with Crippen LogP contribution in [-0.4, -0.2) is 19.1 Å². The second kappa shape index (κ2) is 6.64. The lowest BCUT2D eigenvalue weighted by molar-refractivity contribution is -0.141. The van der Waals surface area contributed by atoms with Crippen LogP contribution in [0, 0.1) is 5.92 Å². The van der Waals surface area contributed by atoms with Crippen LogP contribution in [-0.2, 0) is 9.53 Å². The highest BCUT2D eigenvalue weighted by atomic mass is 79.9. The molecule has 0 aliphatic heterocycles. The molecule has 100 valence electrons. The van der Waals surface area contributed by atoms with E-state index in [0.717, 1.165) is 10.2 Å². The molecule has 0 amide bonds. The van der Waals surface area contributed by atoms with Gasteiger partial charge in [-0.2, -0.15) is 0 Å². The third-order valence-corrected chi connectivity index (χ3v) is 3.03. The number of carbonyl (C=O) groups is 1. The molecule has 0 heterocycles. The van der Waals surface area contributed by atoms with Crippen molar-refractivity contribution >= 4 is 33.3 Å². The Bertz CT molecular complexity index is 421. The number of benzene rings is 1. The Morgan fingerprint density at radius 2 is 2.17 bits per heavy atom. The number of nitrogens with two attached hydrogens (primary N) is 1. The van der Waals surface area contributed by atoms with Gasteiger partial charge in [-0.1, -0.05) is 29.8 Å². The van der Waals surface area contributed by atoms with Gasteiger partial charge >= 0.3 is 5.97 Å². The molecule has 1 rings (SSSR count). The summed E-state index contributed by atoms with van der Waals surface area (Å²) in [5.74, 6) is 0.109. The highest BCUT2D eigenvalue weighted by Gasteiger charge is 2.21. The van der Waals surface area contributed by atoms with Gasteiger partial charge in [0.25, 0.3) is 0 Å². The average Bonchev–Trinajstić information content (AvgIpc) is 2.31. The number of ether oxygens (including phenoxy) is 1.